The summed E-state index contributed by atoms with van der Waals surface area (Å²) in [7, 11) is 1.64. The molecular weight excluding hydrogens is 270 g/mol. The van der Waals surface area contributed by atoms with Crippen LogP contribution in [0.15, 0.2) is 42.5 Å². The van der Waals surface area contributed by atoms with E-state index in [2.05, 4.69) is 6.07 Å². The van der Waals surface area contributed by atoms with E-state index in [0.29, 0.717) is 10.6 Å². The van der Waals surface area contributed by atoms with Gasteiger partial charge in [-0.2, -0.15) is 5.26 Å². The molecule has 0 unspecified atom stereocenters. The highest BCUT2D eigenvalue weighted by atomic mass is 35.5. The summed E-state index contributed by atoms with van der Waals surface area (Å²) in [6.45, 7) is 1.99. The topological polar surface area (TPSA) is 33.0 Å². The van der Waals surface area contributed by atoms with Crippen LogP contribution in [0.1, 0.15) is 16.7 Å². The first-order valence-electron chi connectivity index (χ1n) is 6.16. The molecule has 2 rings (SSSR count). The molecule has 20 heavy (non-hydrogen) atoms. The first-order valence-corrected chi connectivity index (χ1v) is 6.54. The van der Waals surface area contributed by atoms with E-state index < -0.39 is 0 Å². The van der Waals surface area contributed by atoms with Crippen LogP contribution in [0.4, 0.5) is 0 Å². The lowest BCUT2D eigenvalue weighted by Gasteiger charge is -2.06. The number of hydrogen-bond acceptors (Lipinski definition) is 2. The molecule has 0 aromatic heterocycles. The Balaban J connectivity index is 2.41. The SMILES string of the molecule is COc1ccc(/C=C(\C#N)c2ccc(Cl)cc2)c(C)c1. The number of methoxy groups -OCH3 is 1. The summed E-state index contributed by atoms with van der Waals surface area (Å²) in [6, 6.07) is 15.3. The molecule has 2 aromatic carbocycles. The van der Waals surface area contributed by atoms with E-state index in [0.717, 1.165) is 22.4 Å². The third-order valence-electron chi connectivity index (χ3n) is 3.05. The average molecular weight is 284 g/mol. The van der Waals surface area contributed by atoms with Crippen molar-refractivity contribution in [1.29, 1.82) is 5.26 Å². The van der Waals surface area contributed by atoms with Crippen LogP contribution in [0, 0.1) is 18.3 Å². The molecule has 0 spiro atoms. The van der Waals surface area contributed by atoms with Crippen LogP contribution < -0.4 is 4.74 Å². The van der Waals surface area contributed by atoms with Gasteiger partial charge in [-0.15, -0.1) is 0 Å². The number of ether oxygens (including phenoxy) is 1. The first kappa shape index (κ1) is 14.2. The predicted molar refractivity (Wildman–Crippen MR) is 82.7 cm³/mol. The molecule has 0 saturated heterocycles. The molecule has 2 aromatic rings. The van der Waals surface area contributed by atoms with E-state index in [1.165, 1.54) is 0 Å². The third kappa shape index (κ3) is 3.20. The monoisotopic (exact) mass is 283 g/mol. The molecule has 0 heterocycles. The quantitative estimate of drug-likeness (QED) is 0.603. The van der Waals surface area contributed by atoms with Crippen LogP contribution in [0.25, 0.3) is 11.6 Å². The lowest BCUT2D eigenvalue weighted by Crippen LogP contribution is -1.87. The van der Waals surface area contributed by atoms with E-state index in [1.807, 2.05) is 43.3 Å². The van der Waals surface area contributed by atoms with Gasteiger partial charge in [0, 0.05) is 5.02 Å². The fraction of sp³-hybridized carbons (Fsp3) is 0.118. The minimum Gasteiger partial charge on any atom is -0.497 e. The number of halogens is 1. The zero-order valence-electron chi connectivity index (χ0n) is 11.4. The van der Waals surface area contributed by atoms with Crippen LogP contribution in [-0.2, 0) is 0 Å². The Labute approximate surface area is 123 Å². The Morgan fingerprint density at radius 2 is 1.90 bits per heavy atom. The normalized spacial score (nSPS) is 11.0. The Bertz CT molecular complexity index is 681. The van der Waals surface area contributed by atoms with E-state index in [4.69, 9.17) is 16.3 Å². The van der Waals surface area contributed by atoms with Crippen LogP contribution in [0.5, 0.6) is 5.75 Å². The number of rotatable bonds is 3. The molecule has 0 saturated carbocycles. The summed E-state index contributed by atoms with van der Waals surface area (Å²) in [5.74, 6) is 0.810. The van der Waals surface area contributed by atoms with E-state index in [1.54, 1.807) is 19.2 Å². The van der Waals surface area contributed by atoms with Gasteiger partial charge in [0.05, 0.1) is 18.8 Å². The zero-order valence-corrected chi connectivity index (χ0v) is 12.1. The maximum Gasteiger partial charge on any atom is 0.119 e. The highest BCUT2D eigenvalue weighted by Gasteiger charge is 2.03. The van der Waals surface area contributed by atoms with Gasteiger partial charge in [-0.25, -0.2) is 0 Å². The van der Waals surface area contributed by atoms with Crippen molar-refractivity contribution in [1.82, 2.24) is 0 Å². The summed E-state index contributed by atoms with van der Waals surface area (Å²) in [5.41, 5.74) is 3.52. The van der Waals surface area contributed by atoms with Crippen molar-refractivity contribution >= 4 is 23.3 Å². The average Bonchev–Trinajstić information content (AvgIpc) is 2.47. The minimum absolute atomic E-state index is 0.606. The largest absolute Gasteiger partial charge is 0.497 e. The van der Waals surface area contributed by atoms with Crippen molar-refractivity contribution in [3.8, 4) is 11.8 Å². The molecule has 0 amide bonds. The zero-order chi connectivity index (χ0) is 14.5. The Hall–Kier alpha value is -2.24. The highest BCUT2D eigenvalue weighted by molar-refractivity contribution is 6.30. The molecular formula is C17H14ClNO. The molecule has 0 aliphatic carbocycles. The predicted octanol–water partition coefficient (Wildman–Crippen LogP) is 4.72. The second-order valence-corrected chi connectivity index (χ2v) is 4.84. The molecule has 0 bridgehead atoms. The van der Waals surface area contributed by atoms with E-state index in [9.17, 15) is 5.26 Å². The van der Waals surface area contributed by atoms with E-state index in [-0.39, 0.29) is 0 Å². The maximum absolute atomic E-state index is 9.33. The molecule has 0 atom stereocenters. The van der Waals surface area contributed by atoms with Gasteiger partial charge in [-0.3, -0.25) is 0 Å². The number of allylic oxidation sites excluding steroid dienone is 1. The summed E-state index contributed by atoms with van der Waals surface area (Å²) in [6.07, 6.45) is 1.87. The van der Waals surface area contributed by atoms with Crippen LogP contribution in [-0.4, -0.2) is 7.11 Å². The Kier molecular flexibility index (Phi) is 4.45. The smallest absolute Gasteiger partial charge is 0.119 e. The van der Waals surface area contributed by atoms with Crippen molar-refractivity contribution < 1.29 is 4.74 Å². The lowest BCUT2D eigenvalue weighted by molar-refractivity contribution is 0.414. The summed E-state index contributed by atoms with van der Waals surface area (Å²) in [4.78, 5) is 0. The van der Waals surface area contributed by atoms with Crippen LogP contribution in [0.2, 0.25) is 5.02 Å². The standard InChI is InChI=1S/C17H14ClNO/c1-12-9-17(20-2)8-5-14(12)10-15(11-19)13-3-6-16(18)7-4-13/h3-10H,1-2H3/b15-10+. The highest BCUT2D eigenvalue weighted by Crippen LogP contribution is 2.23. The van der Waals surface area contributed by atoms with E-state index >= 15 is 0 Å². The lowest BCUT2D eigenvalue weighted by atomic mass is 10.0. The molecule has 0 fully saturated rings. The van der Waals surface area contributed by atoms with Gasteiger partial charge >= 0.3 is 0 Å². The number of nitriles is 1. The van der Waals surface area contributed by atoms with Crippen molar-refractivity contribution in [3.05, 3.63) is 64.2 Å². The van der Waals surface area contributed by atoms with Gasteiger partial charge in [0.25, 0.3) is 0 Å². The van der Waals surface area contributed by atoms with Crippen molar-refractivity contribution in [3.63, 3.8) is 0 Å². The van der Waals surface area contributed by atoms with Crippen molar-refractivity contribution in [2.45, 2.75) is 6.92 Å². The van der Waals surface area contributed by atoms with Gasteiger partial charge < -0.3 is 4.74 Å². The molecule has 0 aliphatic heterocycles. The van der Waals surface area contributed by atoms with Gasteiger partial charge in [-0.05, 0) is 54.0 Å². The number of aryl methyl sites for hydroxylation is 1. The van der Waals surface area contributed by atoms with Gasteiger partial charge in [0.2, 0.25) is 0 Å². The number of nitrogens with zero attached hydrogens (tertiary/aromatic N) is 1. The molecule has 0 radical (unpaired) electrons. The second-order valence-electron chi connectivity index (χ2n) is 4.40. The van der Waals surface area contributed by atoms with Crippen LogP contribution >= 0.6 is 11.6 Å². The number of hydrogen-bond donors (Lipinski definition) is 0. The molecule has 2 nitrogen and oxygen atoms in total. The second kappa shape index (κ2) is 6.27. The summed E-state index contributed by atoms with van der Waals surface area (Å²) >= 11 is 5.86. The number of benzene rings is 2. The molecule has 3 heteroatoms. The van der Waals surface area contributed by atoms with Gasteiger partial charge in [-0.1, -0.05) is 29.8 Å². The molecule has 100 valence electrons. The third-order valence-corrected chi connectivity index (χ3v) is 3.30. The maximum atomic E-state index is 9.33. The minimum atomic E-state index is 0.606. The summed E-state index contributed by atoms with van der Waals surface area (Å²) in [5, 5.41) is 9.98. The fourth-order valence-electron chi connectivity index (χ4n) is 1.90. The Morgan fingerprint density at radius 3 is 2.45 bits per heavy atom. The van der Waals surface area contributed by atoms with Crippen LogP contribution in [0.3, 0.4) is 0 Å². The first-order chi connectivity index (χ1) is 9.63. The van der Waals surface area contributed by atoms with Crippen molar-refractivity contribution in [2.75, 3.05) is 7.11 Å². The van der Waals surface area contributed by atoms with Gasteiger partial charge in [0.1, 0.15) is 5.75 Å². The fourth-order valence-corrected chi connectivity index (χ4v) is 2.03. The molecule has 0 aliphatic rings. The van der Waals surface area contributed by atoms with Crippen molar-refractivity contribution in [2.24, 2.45) is 0 Å². The van der Waals surface area contributed by atoms with Gasteiger partial charge in [0.15, 0.2) is 0 Å². The summed E-state index contributed by atoms with van der Waals surface area (Å²) < 4.78 is 5.18. The Morgan fingerprint density at radius 1 is 1.20 bits per heavy atom. The molecule has 0 N–H and O–H groups in total.